The largest absolute Gasteiger partial charge is 0.350 e. The van der Waals surface area contributed by atoms with E-state index < -0.39 is 23.5 Å². The average Bonchev–Trinajstić information content (AvgIpc) is 2.35. The number of hydrogen-bond acceptors (Lipinski definition) is 4. The van der Waals surface area contributed by atoms with Gasteiger partial charge in [-0.1, -0.05) is 0 Å². The predicted octanol–water partition coefficient (Wildman–Crippen LogP) is 0.621. The molecule has 1 atom stereocenters. The van der Waals surface area contributed by atoms with E-state index in [9.17, 15) is 19.3 Å². The summed E-state index contributed by atoms with van der Waals surface area (Å²) in [4.78, 5) is 21.3. The van der Waals surface area contributed by atoms with Gasteiger partial charge < -0.3 is 11.1 Å². The van der Waals surface area contributed by atoms with Crippen molar-refractivity contribution < 1.29 is 14.1 Å². The zero-order chi connectivity index (χ0) is 12.8. The van der Waals surface area contributed by atoms with Crippen LogP contribution in [0.15, 0.2) is 24.3 Å². The number of nitrogens with two attached hydrogens (primary N) is 1. The average molecular weight is 241 g/mol. The first-order valence-electron chi connectivity index (χ1n) is 4.88. The third-order valence-electron chi connectivity index (χ3n) is 2.06. The van der Waals surface area contributed by atoms with Crippen molar-refractivity contribution >= 4 is 11.6 Å². The second kappa shape index (κ2) is 5.90. The highest BCUT2D eigenvalue weighted by Crippen LogP contribution is 2.11. The van der Waals surface area contributed by atoms with E-state index in [2.05, 4.69) is 5.32 Å². The molecule has 1 aromatic carbocycles. The monoisotopic (exact) mass is 241 g/mol. The fourth-order valence-corrected chi connectivity index (χ4v) is 1.11. The summed E-state index contributed by atoms with van der Waals surface area (Å²) in [5.41, 5.74) is 5.45. The number of alkyl halides is 1. The first kappa shape index (κ1) is 13.0. The Bertz CT molecular complexity index is 408. The van der Waals surface area contributed by atoms with Gasteiger partial charge in [-0.2, -0.15) is 0 Å². The third kappa shape index (κ3) is 3.80. The van der Waals surface area contributed by atoms with Crippen molar-refractivity contribution in [2.75, 3.05) is 13.2 Å². The van der Waals surface area contributed by atoms with Gasteiger partial charge in [0.25, 0.3) is 11.6 Å². The topological polar surface area (TPSA) is 98.3 Å². The minimum atomic E-state index is -0.739. The van der Waals surface area contributed by atoms with Crippen LogP contribution < -0.4 is 11.1 Å². The van der Waals surface area contributed by atoms with Gasteiger partial charge in [-0.15, -0.1) is 0 Å². The maximum Gasteiger partial charge on any atom is 0.269 e. The number of nitro benzene ring substituents is 1. The SMILES string of the molecule is NC(CF)CNC(=O)c1ccc([N+](=O)[O-])cc1. The Morgan fingerprint density at radius 1 is 1.47 bits per heavy atom. The number of benzene rings is 1. The summed E-state index contributed by atoms with van der Waals surface area (Å²) in [5.74, 6) is -0.441. The minimum absolute atomic E-state index is 0.0202. The van der Waals surface area contributed by atoms with Gasteiger partial charge in [0.1, 0.15) is 6.67 Å². The molecule has 3 N–H and O–H groups in total. The van der Waals surface area contributed by atoms with Gasteiger partial charge in [0.05, 0.1) is 11.0 Å². The summed E-state index contributed by atoms with van der Waals surface area (Å²) in [6.45, 7) is -0.702. The van der Waals surface area contributed by atoms with Gasteiger partial charge in [0.2, 0.25) is 0 Å². The maximum atomic E-state index is 12.0. The second-order valence-electron chi connectivity index (χ2n) is 3.43. The van der Waals surface area contributed by atoms with E-state index >= 15 is 0 Å². The lowest BCUT2D eigenvalue weighted by molar-refractivity contribution is -0.384. The summed E-state index contributed by atoms with van der Waals surface area (Å²) in [6.07, 6.45) is 0. The summed E-state index contributed by atoms with van der Waals surface area (Å²) < 4.78 is 12.0. The quantitative estimate of drug-likeness (QED) is 0.583. The number of amides is 1. The molecule has 0 radical (unpaired) electrons. The number of hydrogen-bond donors (Lipinski definition) is 2. The van der Waals surface area contributed by atoms with Crippen LogP contribution in [0.4, 0.5) is 10.1 Å². The highest BCUT2D eigenvalue weighted by atomic mass is 19.1. The number of nitro groups is 1. The van der Waals surface area contributed by atoms with Crippen LogP contribution in [-0.4, -0.2) is 30.1 Å². The molecule has 1 aromatic rings. The number of carbonyl (C=O) groups is 1. The van der Waals surface area contributed by atoms with Gasteiger partial charge in [0.15, 0.2) is 0 Å². The van der Waals surface area contributed by atoms with Gasteiger partial charge in [-0.05, 0) is 12.1 Å². The summed E-state index contributed by atoms with van der Waals surface area (Å²) in [6, 6.07) is 4.37. The second-order valence-corrected chi connectivity index (χ2v) is 3.43. The van der Waals surface area contributed by atoms with E-state index in [0.717, 1.165) is 0 Å². The van der Waals surface area contributed by atoms with Crippen LogP contribution in [0.5, 0.6) is 0 Å². The number of nitrogens with one attached hydrogen (secondary N) is 1. The molecule has 0 saturated carbocycles. The lowest BCUT2D eigenvalue weighted by atomic mass is 10.2. The Morgan fingerprint density at radius 2 is 2.06 bits per heavy atom. The van der Waals surface area contributed by atoms with Gasteiger partial charge >= 0.3 is 0 Å². The molecule has 17 heavy (non-hydrogen) atoms. The fraction of sp³-hybridized carbons (Fsp3) is 0.300. The first-order valence-corrected chi connectivity index (χ1v) is 4.88. The Labute approximate surface area is 96.8 Å². The number of nitrogens with zero attached hydrogens (tertiary/aromatic N) is 1. The molecule has 1 unspecified atom stereocenters. The van der Waals surface area contributed by atoms with Crippen LogP contribution in [0.3, 0.4) is 0 Å². The standard InChI is InChI=1S/C10H12FN3O3/c11-5-8(12)6-13-10(15)7-1-3-9(4-2-7)14(16)17/h1-4,8H,5-6,12H2,(H,13,15). The van der Waals surface area contributed by atoms with E-state index in [1.54, 1.807) is 0 Å². The van der Waals surface area contributed by atoms with Crippen molar-refractivity contribution in [3.05, 3.63) is 39.9 Å². The molecular weight excluding hydrogens is 229 g/mol. The van der Waals surface area contributed by atoms with E-state index in [-0.39, 0.29) is 17.8 Å². The van der Waals surface area contributed by atoms with Gasteiger partial charge in [-0.3, -0.25) is 14.9 Å². The van der Waals surface area contributed by atoms with Gasteiger partial charge in [0, 0.05) is 24.2 Å². The molecule has 0 fully saturated rings. The number of carbonyl (C=O) groups excluding carboxylic acids is 1. The van der Waals surface area contributed by atoms with Crippen LogP contribution in [-0.2, 0) is 0 Å². The van der Waals surface area contributed by atoms with Crippen LogP contribution in [0.25, 0.3) is 0 Å². The molecule has 0 aromatic heterocycles. The first-order chi connectivity index (χ1) is 8.04. The maximum absolute atomic E-state index is 12.0. The van der Waals surface area contributed by atoms with E-state index in [0.29, 0.717) is 0 Å². The highest BCUT2D eigenvalue weighted by molar-refractivity contribution is 5.94. The smallest absolute Gasteiger partial charge is 0.269 e. The number of non-ortho nitro benzene ring substituents is 1. The lowest BCUT2D eigenvalue weighted by Gasteiger charge is -2.08. The zero-order valence-corrected chi connectivity index (χ0v) is 8.93. The summed E-state index contributed by atoms with van der Waals surface area (Å²) >= 11 is 0. The number of rotatable bonds is 5. The molecule has 0 bridgehead atoms. The predicted molar refractivity (Wildman–Crippen MR) is 59.4 cm³/mol. The molecule has 0 spiro atoms. The van der Waals surface area contributed by atoms with Crippen molar-refractivity contribution in [2.24, 2.45) is 5.73 Å². The molecule has 0 saturated heterocycles. The molecule has 6 nitrogen and oxygen atoms in total. The Balaban J connectivity index is 2.61. The van der Waals surface area contributed by atoms with Crippen molar-refractivity contribution in [3.63, 3.8) is 0 Å². The Hall–Kier alpha value is -2.02. The van der Waals surface area contributed by atoms with E-state index in [1.807, 2.05) is 0 Å². The molecule has 1 rings (SSSR count). The third-order valence-corrected chi connectivity index (χ3v) is 2.06. The number of halogens is 1. The van der Waals surface area contributed by atoms with Crippen LogP contribution in [0.1, 0.15) is 10.4 Å². The Kier molecular flexibility index (Phi) is 4.53. The van der Waals surface area contributed by atoms with Crippen LogP contribution in [0, 0.1) is 10.1 Å². The van der Waals surface area contributed by atoms with Crippen LogP contribution >= 0.6 is 0 Å². The molecule has 0 aliphatic rings. The van der Waals surface area contributed by atoms with E-state index in [1.165, 1.54) is 24.3 Å². The molecule has 0 aliphatic carbocycles. The summed E-state index contributed by atoms with van der Waals surface area (Å²) in [7, 11) is 0. The molecule has 92 valence electrons. The highest BCUT2D eigenvalue weighted by Gasteiger charge is 2.10. The Morgan fingerprint density at radius 3 is 2.53 bits per heavy atom. The fourth-order valence-electron chi connectivity index (χ4n) is 1.11. The van der Waals surface area contributed by atoms with E-state index in [4.69, 9.17) is 5.73 Å². The van der Waals surface area contributed by atoms with Crippen LogP contribution in [0.2, 0.25) is 0 Å². The van der Waals surface area contributed by atoms with Crippen molar-refractivity contribution in [1.82, 2.24) is 5.32 Å². The van der Waals surface area contributed by atoms with Crippen molar-refractivity contribution in [2.45, 2.75) is 6.04 Å². The molecule has 7 heteroatoms. The van der Waals surface area contributed by atoms with Crippen molar-refractivity contribution in [1.29, 1.82) is 0 Å². The molecule has 1 amide bonds. The van der Waals surface area contributed by atoms with Gasteiger partial charge in [-0.25, -0.2) is 4.39 Å². The molecular formula is C10H12FN3O3. The normalized spacial score (nSPS) is 11.9. The zero-order valence-electron chi connectivity index (χ0n) is 8.93. The van der Waals surface area contributed by atoms with Crippen molar-refractivity contribution in [3.8, 4) is 0 Å². The molecule has 0 aliphatic heterocycles. The summed E-state index contributed by atoms with van der Waals surface area (Å²) in [5, 5.41) is 12.8. The molecule has 0 heterocycles. The minimum Gasteiger partial charge on any atom is -0.350 e. The lowest BCUT2D eigenvalue weighted by Crippen LogP contribution is -2.38.